The zero-order valence-corrected chi connectivity index (χ0v) is 20.1. The molecular formula is C22H19BrCl3FN2O2. The highest BCUT2D eigenvalue weighted by molar-refractivity contribution is 9.09. The molecule has 1 fully saturated rings. The molecule has 2 aromatic carbocycles. The van der Waals surface area contributed by atoms with Gasteiger partial charge in [0.05, 0.1) is 4.95 Å². The number of carbonyl (C=O) groups is 1. The van der Waals surface area contributed by atoms with Crippen molar-refractivity contribution in [2.45, 2.75) is 27.6 Å². The Kier molecular flexibility index (Phi) is 6.73. The topological polar surface area (TPSA) is 34.5 Å². The van der Waals surface area contributed by atoms with Crippen molar-refractivity contribution in [2.75, 3.05) is 13.2 Å². The Morgan fingerprint density at radius 3 is 2.55 bits per heavy atom. The number of rotatable bonds is 3. The molecule has 3 aromatic rings. The lowest BCUT2D eigenvalue weighted by atomic mass is 10.0. The third-order valence-corrected chi connectivity index (χ3v) is 6.59. The smallest absolute Gasteiger partial charge is 0.410 e. The third kappa shape index (κ3) is 5.14. The first-order chi connectivity index (χ1) is 14.7. The van der Waals surface area contributed by atoms with Crippen molar-refractivity contribution in [3.05, 3.63) is 60.5 Å². The minimum atomic E-state index is -1.64. The summed E-state index contributed by atoms with van der Waals surface area (Å²) < 4.78 is 19.1. The minimum absolute atomic E-state index is 0.167. The highest BCUT2D eigenvalue weighted by Crippen LogP contribution is 2.38. The molecule has 4 nitrogen and oxygen atoms in total. The summed E-state index contributed by atoms with van der Waals surface area (Å²) in [5, 5.41) is 1.10. The fraction of sp³-hybridized carbons (Fsp3) is 0.318. The van der Waals surface area contributed by atoms with E-state index in [2.05, 4.69) is 38.8 Å². The fourth-order valence-electron chi connectivity index (χ4n) is 3.95. The van der Waals surface area contributed by atoms with Gasteiger partial charge in [0.25, 0.3) is 0 Å². The van der Waals surface area contributed by atoms with Gasteiger partial charge in [-0.1, -0.05) is 81.1 Å². The number of halogens is 5. The molecule has 0 radical (unpaired) electrons. The van der Waals surface area contributed by atoms with E-state index < -0.39 is 9.89 Å². The lowest BCUT2D eigenvalue weighted by molar-refractivity contribution is 0.0851. The van der Waals surface area contributed by atoms with E-state index in [9.17, 15) is 9.18 Å². The average molecular weight is 549 g/mol. The molecule has 1 amide bonds. The number of hydrogen-bond acceptors (Lipinski definition) is 2. The molecule has 31 heavy (non-hydrogen) atoms. The molecular weight excluding hydrogens is 530 g/mol. The number of amides is 1. The van der Waals surface area contributed by atoms with E-state index in [1.807, 2.05) is 12.1 Å². The molecule has 0 spiro atoms. The molecule has 1 aromatic heterocycles. The van der Waals surface area contributed by atoms with E-state index in [1.165, 1.54) is 12.1 Å². The van der Waals surface area contributed by atoms with Crippen molar-refractivity contribution in [3.8, 4) is 11.1 Å². The van der Waals surface area contributed by atoms with Gasteiger partial charge in [-0.05, 0) is 36.6 Å². The second-order valence-corrected chi connectivity index (χ2v) is 11.0. The number of aromatic nitrogens is 1. The van der Waals surface area contributed by atoms with Gasteiger partial charge in [0.2, 0.25) is 3.79 Å². The molecule has 1 saturated heterocycles. The zero-order chi connectivity index (χ0) is 22.2. The van der Waals surface area contributed by atoms with E-state index in [-0.39, 0.29) is 23.4 Å². The summed E-state index contributed by atoms with van der Waals surface area (Å²) in [6.07, 6.45) is 3.02. The maximum Gasteiger partial charge on any atom is 0.410 e. The molecule has 0 saturated carbocycles. The van der Waals surface area contributed by atoms with Crippen molar-refractivity contribution in [1.29, 1.82) is 0 Å². The van der Waals surface area contributed by atoms with Gasteiger partial charge in [0, 0.05) is 35.2 Å². The number of ether oxygens (including phenoxy) is 1. The van der Waals surface area contributed by atoms with Gasteiger partial charge in [0.1, 0.15) is 12.4 Å². The Balaban J connectivity index is 1.56. The van der Waals surface area contributed by atoms with Crippen molar-refractivity contribution in [3.63, 3.8) is 0 Å². The van der Waals surface area contributed by atoms with E-state index in [0.29, 0.717) is 13.0 Å². The highest BCUT2D eigenvalue weighted by Gasteiger charge is 2.33. The summed E-state index contributed by atoms with van der Waals surface area (Å²) in [6, 6.07) is 14.8. The van der Waals surface area contributed by atoms with Gasteiger partial charge in [-0.2, -0.15) is 0 Å². The Bertz CT molecular complexity index is 1080. The van der Waals surface area contributed by atoms with Crippen LogP contribution < -0.4 is 0 Å². The predicted molar refractivity (Wildman–Crippen MR) is 127 cm³/mol. The standard InChI is InChI=1S/C22H19BrCl3FN2O2/c23-20-11-16(9-10-28(20)21(30)31-13-22(24,25)26)29-12-18(14-5-7-15(27)8-6-14)17-3-1-2-4-19(17)29/h1-8,12,16,20H,9-11,13H2. The molecule has 0 aliphatic carbocycles. The van der Waals surface area contributed by atoms with Crippen LogP contribution in [-0.4, -0.2) is 37.5 Å². The molecule has 2 heterocycles. The van der Waals surface area contributed by atoms with Gasteiger partial charge < -0.3 is 9.30 Å². The van der Waals surface area contributed by atoms with Crippen LogP contribution in [0, 0.1) is 5.82 Å². The molecule has 9 heteroatoms. The summed E-state index contributed by atoms with van der Waals surface area (Å²) in [5.41, 5.74) is 3.10. The Labute approximate surface area is 202 Å². The van der Waals surface area contributed by atoms with Crippen molar-refractivity contribution in [2.24, 2.45) is 0 Å². The number of alkyl halides is 4. The number of para-hydroxylation sites is 1. The van der Waals surface area contributed by atoms with Gasteiger partial charge in [0.15, 0.2) is 0 Å². The summed E-state index contributed by atoms with van der Waals surface area (Å²) in [6.45, 7) is 0.192. The minimum Gasteiger partial charge on any atom is -0.445 e. The van der Waals surface area contributed by atoms with Crippen LogP contribution in [0.15, 0.2) is 54.7 Å². The van der Waals surface area contributed by atoms with Crippen LogP contribution in [0.1, 0.15) is 18.9 Å². The number of piperidine rings is 1. The summed E-state index contributed by atoms with van der Waals surface area (Å²) >= 11 is 20.6. The third-order valence-electron chi connectivity index (χ3n) is 5.39. The fourth-order valence-corrected chi connectivity index (χ4v) is 4.92. The molecule has 0 N–H and O–H groups in total. The van der Waals surface area contributed by atoms with Crippen molar-refractivity contribution >= 4 is 67.7 Å². The quantitative estimate of drug-likeness (QED) is 0.254. The Morgan fingerprint density at radius 1 is 1.16 bits per heavy atom. The lowest BCUT2D eigenvalue weighted by Crippen LogP contribution is -2.44. The molecule has 164 valence electrons. The van der Waals surface area contributed by atoms with Crippen LogP contribution in [0.25, 0.3) is 22.0 Å². The maximum atomic E-state index is 13.4. The predicted octanol–water partition coefficient (Wildman–Crippen LogP) is 7.31. The first kappa shape index (κ1) is 22.7. The monoisotopic (exact) mass is 546 g/mol. The number of benzene rings is 2. The summed E-state index contributed by atoms with van der Waals surface area (Å²) in [4.78, 5) is 13.8. The largest absolute Gasteiger partial charge is 0.445 e. The number of carbonyl (C=O) groups excluding carboxylic acids is 1. The molecule has 2 atom stereocenters. The number of hydrogen-bond donors (Lipinski definition) is 0. The van der Waals surface area contributed by atoms with Crippen LogP contribution in [-0.2, 0) is 4.74 Å². The molecule has 1 aliphatic rings. The first-order valence-electron chi connectivity index (χ1n) is 9.72. The van der Waals surface area contributed by atoms with Gasteiger partial charge in [-0.15, -0.1) is 0 Å². The average Bonchev–Trinajstić information content (AvgIpc) is 3.12. The molecule has 2 unspecified atom stereocenters. The van der Waals surface area contributed by atoms with Crippen LogP contribution in [0.3, 0.4) is 0 Å². The number of likely N-dealkylation sites (tertiary alicyclic amines) is 1. The van der Waals surface area contributed by atoms with E-state index >= 15 is 0 Å². The molecule has 0 bridgehead atoms. The van der Waals surface area contributed by atoms with Gasteiger partial charge in [-0.3, -0.25) is 4.90 Å². The second kappa shape index (κ2) is 9.18. The normalized spacial score (nSPS) is 19.6. The number of fused-ring (bicyclic) bond motifs is 1. The van der Waals surface area contributed by atoms with Crippen molar-refractivity contribution in [1.82, 2.24) is 9.47 Å². The highest BCUT2D eigenvalue weighted by atomic mass is 79.9. The van der Waals surface area contributed by atoms with E-state index in [1.54, 1.807) is 17.0 Å². The summed E-state index contributed by atoms with van der Waals surface area (Å²) in [5.74, 6) is -0.261. The SMILES string of the molecule is O=C(OCC(Cl)(Cl)Cl)N1CCC(n2cc(-c3ccc(F)cc3)c3ccccc32)CC1Br. The molecule has 1 aliphatic heterocycles. The lowest BCUT2D eigenvalue weighted by Gasteiger charge is -2.36. The van der Waals surface area contributed by atoms with Gasteiger partial charge in [-0.25, -0.2) is 9.18 Å². The first-order valence-corrected chi connectivity index (χ1v) is 11.8. The summed E-state index contributed by atoms with van der Waals surface area (Å²) in [7, 11) is 0. The Morgan fingerprint density at radius 2 is 1.87 bits per heavy atom. The zero-order valence-electron chi connectivity index (χ0n) is 16.3. The van der Waals surface area contributed by atoms with Crippen LogP contribution in [0.4, 0.5) is 9.18 Å². The van der Waals surface area contributed by atoms with Crippen LogP contribution in [0.2, 0.25) is 0 Å². The second-order valence-electron chi connectivity index (χ2n) is 7.45. The molecule has 4 rings (SSSR count). The van der Waals surface area contributed by atoms with Crippen molar-refractivity contribution < 1.29 is 13.9 Å². The van der Waals surface area contributed by atoms with Gasteiger partial charge >= 0.3 is 6.09 Å². The van der Waals surface area contributed by atoms with Crippen LogP contribution >= 0.6 is 50.7 Å². The van der Waals surface area contributed by atoms with Crippen LogP contribution in [0.5, 0.6) is 0 Å². The van der Waals surface area contributed by atoms with E-state index in [4.69, 9.17) is 39.5 Å². The maximum absolute atomic E-state index is 13.4. The Hall–Kier alpha value is -1.47. The van der Waals surface area contributed by atoms with E-state index in [0.717, 1.165) is 28.5 Å². The number of nitrogens with zero attached hydrogens (tertiary/aromatic N) is 2.